The van der Waals surface area contributed by atoms with Crippen LogP contribution in [0.2, 0.25) is 0 Å². The molecule has 3 aromatic rings. The van der Waals surface area contributed by atoms with Crippen LogP contribution in [-0.2, 0) is 16.8 Å². The monoisotopic (exact) mass is 406 g/mol. The lowest BCUT2D eigenvalue weighted by Crippen LogP contribution is -2.33. The number of nitrogens with two attached hydrogens (primary N) is 1. The van der Waals surface area contributed by atoms with Gasteiger partial charge in [-0.05, 0) is 37.0 Å². The SMILES string of the molecule is CC1(c2nc3c(C(N)=O)cccc3[nH]2)CCCN(C(=O)OCc2ccccc2)CC1. The van der Waals surface area contributed by atoms with E-state index >= 15 is 0 Å². The highest BCUT2D eigenvalue weighted by Gasteiger charge is 2.34. The molecule has 1 aliphatic heterocycles. The van der Waals surface area contributed by atoms with Crippen LogP contribution in [0.1, 0.15) is 47.9 Å². The molecule has 4 rings (SSSR count). The highest BCUT2D eigenvalue weighted by Crippen LogP contribution is 2.35. The Morgan fingerprint density at radius 2 is 1.93 bits per heavy atom. The molecule has 7 heteroatoms. The first-order chi connectivity index (χ1) is 14.5. The molecule has 0 spiro atoms. The average molecular weight is 406 g/mol. The summed E-state index contributed by atoms with van der Waals surface area (Å²) in [5, 5.41) is 0. The number of primary amides is 1. The second-order valence-corrected chi connectivity index (χ2v) is 8.09. The van der Waals surface area contributed by atoms with E-state index in [4.69, 9.17) is 15.5 Å². The Labute approximate surface area is 175 Å². The largest absolute Gasteiger partial charge is 0.445 e. The first-order valence-corrected chi connectivity index (χ1v) is 10.2. The molecule has 0 saturated carbocycles. The number of fused-ring (bicyclic) bond motifs is 1. The number of H-pyrrole nitrogens is 1. The fourth-order valence-electron chi connectivity index (χ4n) is 4.03. The van der Waals surface area contributed by atoms with E-state index in [0.717, 1.165) is 36.2 Å². The third-order valence-electron chi connectivity index (χ3n) is 5.90. The Balaban J connectivity index is 1.46. The van der Waals surface area contributed by atoms with Gasteiger partial charge in [-0.2, -0.15) is 0 Å². The minimum absolute atomic E-state index is 0.234. The molecule has 1 atom stereocenters. The lowest BCUT2D eigenvalue weighted by molar-refractivity contribution is 0.0967. The number of imidazole rings is 1. The van der Waals surface area contributed by atoms with Gasteiger partial charge in [-0.3, -0.25) is 4.79 Å². The molecule has 1 saturated heterocycles. The van der Waals surface area contributed by atoms with Gasteiger partial charge in [0.2, 0.25) is 0 Å². The van der Waals surface area contributed by atoms with Crippen molar-refractivity contribution in [2.24, 2.45) is 5.73 Å². The van der Waals surface area contributed by atoms with Crippen molar-refractivity contribution in [1.29, 1.82) is 0 Å². The van der Waals surface area contributed by atoms with Crippen LogP contribution in [0, 0.1) is 0 Å². The van der Waals surface area contributed by atoms with E-state index in [-0.39, 0.29) is 18.1 Å². The molecule has 1 aliphatic rings. The Morgan fingerprint density at radius 1 is 1.13 bits per heavy atom. The quantitative estimate of drug-likeness (QED) is 0.689. The van der Waals surface area contributed by atoms with E-state index in [1.54, 1.807) is 17.0 Å². The standard InChI is InChI=1S/C23H26N4O3/c1-23(21-25-18-10-5-9-17(20(24)28)19(18)26-21)11-6-13-27(14-12-23)22(29)30-15-16-7-3-2-4-8-16/h2-5,7-10H,6,11-15H2,1H3,(H2,24,28)(H,25,26). The normalized spacial score (nSPS) is 19.4. The number of amides is 2. The summed E-state index contributed by atoms with van der Waals surface area (Å²) in [6.07, 6.45) is 2.18. The van der Waals surface area contributed by atoms with Crippen LogP contribution < -0.4 is 5.73 Å². The van der Waals surface area contributed by atoms with E-state index in [1.165, 1.54) is 0 Å². The first kappa shape index (κ1) is 19.9. The van der Waals surface area contributed by atoms with Crippen molar-refractivity contribution in [3.05, 3.63) is 65.5 Å². The van der Waals surface area contributed by atoms with E-state index in [0.29, 0.717) is 24.2 Å². The van der Waals surface area contributed by atoms with Crippen molar-refractivity contribution >= 4 is 23.0 Å². The van der Waals surface area contributed by atoms with Crippen LogP contribution in [-0.4, -0.2) is 40.0 Å². The maximum Gasteiger partial charge on any atom is 0.410 e. The second-order valence-electron chi connectivity index (χ2n) is 8.09. The van der Waals surface area contributed by atoms with Gasteiger partial charge in [0.1, 0.15) is 17.9 Å². The summed E-state index contributed by atoms with van der Waals surface area (Å²) in [6, 6.07) is 15.1. The number of hydrogen-bond acceptors (Lipinski definition) is 4. The van der Waals surface area contributed by atoms with E-state index in [9.17, 15) is 9.59 Å². The molecule has 1 aromatic heterocycles. The number of carbonyl (C=O) groups is 2. The molecule has 2 amide bonds. The fourth-order valence-corrected chi connectivity index (χ4v) is 4.03. The van der Waals surface area contributed by atoms with Crippen molar-refractivity contribution in [2.45, 2.75) is 38.2 Å². The van der Waals surface area contributed by atoms with Crippen LogP contribution in [0.5, 0.6) is 0 Å². The molecule has 1 fully saturated rings. The molecule has 0 bridgehead atoms. The molecule has 1 unspecified atom stereocenters. The van der Waals surface area contributed by atoms with Crippen molar-refractivity contribution < 1.29 is 14.3 Å². The summed E-state index contributed by atoms with van der Waals surface area (Å²) >= 11 is 0. The predicted octanol–water partition coefficient (Wildman–Crippen LogP) is 3.74. The van der Waals surface area contributed by atoms with Gasteiger partial charge in [0, 0.05) is 18.5 Å². The second kappa shape index (κ2) is 8.18. The van der Waals surface area contributed by atoms with Crippen LogP contribution in [0.4, 0.5) is 4.79 Å². The van der Waals surface area contributed by atoms with Crippen LogP contribution in [0.15, 0.2) is 48.5 Å². The molecule has 3 N–H and O–H groups in total. The molecule has 7 nitrogen and oxygen atoms in total. The average Bonchev–Trinajstić information content (AvgIpc) is 3.10. The summed E-state index contributed by atoms with van der Waals surface area (Å²) in [5.74, 6) is 0.336. The maximum atomic E-state index is 12.6. The fraction of sp³-hybridized carbons (Fsp3) is 0.348. The number of likely N-dealkylation sites (tertiary alicyclic amines) is 1. The molecule has 2 heterocycles. The summed E-state index contributed by atoms with van der Waals surface area (Å²) in [4.78, 5) is 34.2. The highest BCUT2D eigenvalue weighted by atomic mass is 16.6. The van der Waals surface area contributed by atoms with Gasteiger partial charge in [0.25, 0.3) is 5.91 Å². The van der Waals surface area contributed by atoms with Crippen LogP contribution in [0.25, 0.3) is 11.0 Å². The lowest BCUT2D eigenvalue weighted by atomic mass is 9.82. The molecule has 0 aliphatic carbocycles. The summed E-state index contributed by atoms with van der Waals surface area (Å²) in [7, 11) is 0. The highest BCUT2D eigenvalue weighted by molar-refractivity contribution is 6.04. The number of para-hydroxylation sites is 1. The lowest BCUT2D eigenvalue weighted by Gasteiger charge is -2.26. The van der Waals surface area contributed by atoms with Gasteiger partial charge in [-0.15, -0.1) is 0 Å². The van der Waals surface area contributed by atoms with Gasteiger partial charge in [0.05, 0.1) is 11.1 Å². The Kier molecular flexibility index (Phi) is 5.44. The Morgan fingerprint density at radius 3 is 2.70 bits per heavy atom. The third kappa shape index (κ3) is 4.01. The summed E-state index contributed by atoms with van der Waals surface area (Å²) in [6.45, 7) is 3.65. The minimum atomic E-state index is -0.489. The van der Waals surface area contributed by atoms with E-state index in [1.807, 2.05) is 36.4 Å². The van der Waals surface area contributed by atoms with Crippen molar-refractivity contribution in [1.82, 2.24) is 14.9 Å². The zero-order chi connectivity index (χ0) is 21.1. The van der Waals surface area contributed by atoms with Gasteiger partial charge in [-0.25, -0.2) is 9.78 Å². The number of benzene rings is 2. The molecular weight excluding hydrogens is 380 g/mol. The molecule has 30 heavy (non-hydrogen) atoms. The number of nitrogens with one attached hydrogen (secondary N) is 1. The van der Waals surface area contributed by atoms with Gasteiger partial charge >= 0.3 is 6.09 Å². The summed E-state index contributed by atoms with van der Waals surface area (Å²) in [5.41, 5.74) is 8.05. The Hall–Kier alpha value is -3.35. The number of nitrogens with zero attached hydrogens (tertiary/aromatic N) is 2. The summed E-state index contributed by atoms with van der Waals surface area (Å²) < 4.78 is 5.50. The predicted molar refractivity (Wildman–Crippen MR) is 114 cm³/mol. The number of carbonyl (C=O) groups excluding carboxylic acids is 2. The van der Waals surface area contributed by atoms with Crippen LogP contribution in [0.3, 0.4) is 0 Å². The first-order valence-electron chi connectivity index (χ1n) is 10.2. The van der Waals surface area contributed by atoms with Crippen LogP contribution >= 0.6 is 0 Å². The van der Waals surface area contributed by atoms with E-state index in [2.05, 4.69) is 11.9 Å². The third-order valence-corrected chi connectivity index (χ3v) is 5.90. The topological polar surface area (TPSA) is 101 Å². The zero-order valence-corrected chi connectivity index (χ0v) is 17.1. The van der Waals surface area contributed by atoms with Crippen molar-refractivity contribution in [3.8, 4) is 0 Å². The van der Waals surface area contributed by atoms with Crippen molar-refractivity contribution in [3.63, 3.8) is 0 Å². The molecular formula is C23H26N4O3. The number of ether oxygens (including phenoxy) is 1. The van der Waals surface area contributed by atoms with Crippen molar-refractivity contribution in [2.75, 3.05) is 13.1 Å². The zero-order valence-electron chi connectivity index (χ0n) is 17.1. The number of aromatic nitrogens is 2. The Bertz CT molecular complexity index is 1060. The maximum absolute atomic E-state index is 12.6. The van der Waals surface area contributed by atoms with Gasteiger partial charge < -0.3 is 20.4 Å². The molecule has 0 radical (unpaired) electrons. The molecule has 2 aromatic carbocycles. The smallest absolute Gasteiger partial charge is 0.410 e. The number of rotatable bonds is 4. The minimum Gasteiger partial charge on any atom is -0.445 e. The van der Waals surface area contributed by atoms with Gasteiger partial charge in [-0.1, -0.05) is 43.3 Å². The number of aromatic amines is 1. The molecule has 156 valence electrons. The number of hydrogen-bond donors (Lipinski definition) is 2. The van der Waals surface area contributed by atoms with Gasteiger partial charge in [0.15, 0.2) is 0 Å². The van der Waals surface area contributed by atoms with E-state index < -0.39 is 5.91 Å².